The fraction of sp³-hybridized carbons (Fsp3) is 0.786. The first-order valence-electron chi connectivity index (χ1n) is 27.1. The van der Waals surface area contributed by atoms with Crippen molar-refractivity contribution in [3.05, 3.63) is 60.8 Å². The summed E-state index contributed by atoms with van der Waals surface area (Å²) in [5.74, 6) is -0.576. The number of hydrogen-bond donors (Lipinski definition) is 1. The number of nitrogens with zero attached hydrogens (tertiary/aromatic N) is 1. The number of rotatable bonds is 48. The van der Waals surface area contributed by atoms with Crippen LogP contribution in [0.15, 0.2) is 60.8 Å². The molecule has 0 aromatic heterocycles. The van der Waals surface area contributed by atoms with E-state index in [-0.39, 0.29) is 24.9 Å². The third-order valence-corrected chi connectivity index (χ3v) is 12.7. The lowest BCUT2D eigenvalue weighted by atomic mass is 10.1. The summed E-state index contributed by atoms with van der Waals surface area (Å²) >= 11 is 0. The van der Waals surface area contributed by atoms with Gasteiger partial charge in [-0.15, -0.1) is 0 Å². The normalized spacial score (nSPS) is 14.3. The average molecular weight is 947 g/mol. The fourth-order valence-electron chi connectivity index (χ4n) is 7.52. The molecule has 0 radical (unpaired) electrons. The molecule has 0 spiro atoms. The van der Waals surface area contributed by atoms with E-state index in [4.69, 9.17) is 13.8 Å². The van der Waals surface area contributed by atoms with Gasteiger partial charge in [-0.3, -0.25) is 14.2 Å². The van der Waals surface area contributed by atoms with Gasteiger partial charge in [-0.2, -0.15) is 0 Å². The minimum atomic E-state index is -4.70. The van der Waals surface area contributed by atoms with Crippen molar-refractivity contribution >= 4 is 19.7 Å². The van der Waals surface area contributed by atoms with Crippen LogP contribution in [0.2, 0.25) is 0 Å². The van der Waals surface area contributed by atoms with Gasteiger partial charge >= 0.3 is 5.97 Å². The lowest BCUT2D eigenvalue weighted by Crippen LogP contribution is -2.47. The predicted molar refractivity (Wildman–Crippen MR) is 279 cm³/mol. The molecule has 10 heteroatoms. The Kier molecular flexibility index (Phi) is 44.8. The van der Waals surface area contributed by atoms with Gasteiger partial charge < -0.3 is 28.5 Å². The van der Waals surface area contributed by atoms with Gasteiger partial charge in [0.1, 0.15) is 19.3 Å². The monoisotopic (exact) mass is 947 g/mol. The molecule has 0 fully saturated rings. The first-order chi connectivity index (χ1) is 31.9. The second-order valence-corrected chi connectivity index (χ2v) is 20.8. The molecular formula is C56H103N2O7P. The van der Waals surface area contributed by atoms with Gasteiger partial charge in [0.15, 0.2) is 0 Å². The zero-order valence-corrected chi connectivity index (χ0v) is 44.5. The third-order valence-electron chi connectivity index (χ3n) is 11.7. The van der Waals surface area contributed by atoms with Crippen LogP contribution in [0.5, 0.6) is 0 Å². The van der Waals surface area contributed by atoms with Gasteiger partial charge in [-0.1, -0.05) is 204 Å². The number of unbranched alkanes of at least 4 members (excludes halogenated alkanes) is 26. The van der Waals surface area contributed by atoms with E-state index in [1.54, 1.807) is 0 Å². The Balaban J connectivity index is 5.41. The summed E-state index contributed by atoms with van der Waals surface area (Å²) in [6.07, 6.45) is 56.1. The quantitative estimate of drug-likeness (QED) is 0.0161. The summed E-state index contributed by atoms with van der Waals surface area (Å²) in [7, 11) is 1.16. The number of carbonyl (C=O) groups excluding carboxylic acids is 2. The number of esters is 1. The minimum absolute atomic E-state index is 0.0285. The molecule has 0 heterocycles. The molecule has 0 aromatic carbocycles. The zero-order chi connectivity index (χ0) is 48.7. The van der Waals surface area contributed by atoms with E-state index in [1.807, 2.05) is 33.3 Å². The SMILES string of the molecule is CC/C=C/C=C/C=C/CCCCCCCCCC(=O)OC(/C=C/CCCCCCCCCCC)C(COP(=O)([O-])OCC[N+](C)(C)C)NC(=O)CCCCC/C=C\CCCCCCCCC. The molecule has 0 aliphatic rings. The van der Waals surface area contributed by atoms with Crippen LogP contribution in [0.3, 0.4) is 0 Å². The van der Waals surface area contributed by atoms with Gasteiger partial charge in [0, 0.05) is 12.8 Å². The van der Waals surface area contributed by atoms with E-state index < -0.39 is 26.6 Å². The van der Waals surface area contributed by atoms with Crippen molar-refractivity contribution in [3.8, 4) is 0 Å². The fourth-order valence-corrected chi connectivity index (χ4v) is 8.24. The number of carbonyl (C=O) groups is 2. The van der Waals surface area contributed by atoms with Gasteiger partial charge in [-0.05, 0) is 76.7 Å². The number of allylic oxidation sites excluding steroid dienone is 9. The maximum absolute atomic E-state index is 13.4. The number of nitrogens with one attached hydrogen (secondary N) is 1. The average Bonchev–Trinajstić information content (AvgIpc) is 3.27. The summed E-state index contributed by atoms with van der Waals surface area (Å²) in [6, 6.07) is -0.900. The number of quaternary nitrogens is 1. The zero-order valence-electron chi connectivity index (χ0n) is 43.6. The summed E-state index contributed by atoms with van der Waals surface area (Å²) < 4.78 is 30.1. The maximum Gasteiger partial charge on any atom is 0.306 e. The molecule has 3 atom stereocenters. The first kappa shape index (κ1) is 63.7. The lowest BCUT2D eigenvalue weighted by Gasteiger charge is -2.30. The molecule has 0 bridgehead atoms. The smallest absolute Gasteiger partial charge is 0.306 e. The number of phosphoric acid groups is 1. The number of ether oxygens (including phenoxy) is 1. The lowest BCUT2D eigenvalue weighted by molar-refractivity contribution is -0.870. The number of likely N-dealkylation sites (N-methyl/N-ethyl adjacent to an activating group) is 1. The van der Waals surface area contributed by atoms with Gasteiger partial charge in [0.2, 0.25) is 5.91 Å². The molecule has 1 amide bonds. The van der Waals surface area contributed by atoms with Crippen LogP contribution < -0.4 is 10.2 Å². The molecule has 1 N–H and O–H groups in total. The van der Waals surface area contributed by atoms with Crippen LogP contribution in [0.1, 0.15) is 233 Å². The highest BCUT2D eigenvalue weighted by molar-refractivity contribution is 7.45. The summed E-state index contributed by atoms with van der Waals surface area (Å²) in [5, 5.41) is 3.00. The van der Waals surface area contributed by atoms with Gasteiger partial charge in [0.05, 0.1) is 33.8 Å². The third kappa shape index (κ3) is 46.8. The standard InChI is InChI=1S/C56H103N2O7P/c1-7-10-13-16-19-22-25-27-29-31-34-37-40-43-46-49-56(60)65-54(47-44-41-38-35-32-24-21-18-15-12-9-3)53(52-64-66(61,62)63-51-50-58(4,5)6)57-55(59)48-45-42-39-36-33-30-28-26-23-20-17-14-11-8-2/h10,13,16,19,22,25,30,33,44,47,53-54H,7-9,11-12,14-15,17-18,20-21,23-24,26-29,31-32,34-43,45-46,48-52H2,1-6H3,(H-,57,59,61,62)/b13-10+,19-16+,25-22+,33-30-,47-44+. The van der Waals surface area contributed by atoms with Crippen molar-refractivity contribution in [2.75, 3.05) is 40.9 Å². The highest BCUT2D eigenvalue weighted by atomic mass is 31.2. The van der Waals surface area contributed by atoms with Crippen LogP contribution in [0.4, 0.5) is 0 Å². The second-order valence-electron chi connectivity index (χ2n) is 19.4. The maximum atomic E-state index is 13.4. The molecule has 0 rings (SSSR count). The first-order valence-corrected chi connectivity index (χ1v) is 28.6. The Hall–Kier alpha value is -2.29. The van der Waals surface area contributed by atoms with Crippen molar-refractivity contribution in [3.63, 3.8) is 0 Å². The molecule has 0 saturated heterocycles. The van der Waals surface area contributed by atoms with E-state index in [9.17, 15) is 19.0 Å². The van der Waals surface area contributed by atoms with Gasteiger partial charge in [-0.25, -0.2) is 0 Å². The molecule has 0 aliphatic carbocycles. The molecule has 0 aliphatic heterocycles. The van der Waals surface area contributed by atoms with Crippen LogP contribution >= 0.6 is 7.82 Å². The van der Waals surface area contributed by atoms with E-state index >= 15 is 0 Å². The minimum Gasteiger partial charge on any atom is -0.756 e. The summed E-state index contributed by atoms with van der Waals surface area (Å²) in [6.45, 7) is 6.67. The predicted octanol–water partition coefficient (Wildman–Crippen LogP) is 15.3. The largest absolute Gasteiger partial charge is 0.756 e. The van der Waals surface area contributed by atoms with Crippen molar-refractivity contribution < 1.29 is 37.3 Å². The van der Waals surface area contributed by atoms with Crippen molar-refractivity contribution in [2.45, 2.75) is 245 Å². The highest BCUT2D eigenvalue weighted by Crippen LogP contribution is 2.38. The Morgan fingerprint density at radius 1 is 0.545 bits per heavy atom. The molecule has 384 valence electrons. The Morgan fingerprint density at radius 3 is 1.50 bits per heavy atom. The van der Waals surface area contributed by atoms with Crippen LogP contribution in [-0.2, 0) is 27.9 Å². The van der Waals surface area contributed by atoms with Crippen molar-refractivity contribution in [1.29, 1.82) is 0 Å². The molecule has 3 unspecified atom stereocenters. The molecule has 66 heavy (non-hydrogen) atoms. The van der Waals surface area contributed by atoms with Crippen LogP contribution in [0, 0.1) is 0 Å². The van der Waals surface area contributed by atoms with E-state index in [0.29, 0.717) is 30.3 Å². The number of amides is 1. The Morgan fingerprint density at radius 2 is 0.985 bits per heavy atom. The Labute approximate surface area is 407 Å². The van der Waals surface area contributed by atoms with Gasteiger partial charge in [0.25, 0.3) is 7.82 Å². The topological polar surface area (TPSA) is 114 Å². The van der Waals surface area contributed by atoms with Crippen molar-refractivity contribution in [2.24, 2.45) is 0 Å². The van der Waals surface area contributed by atoms with Crippen LogP contribution in [-0.4, -0.2) is 69.4 Å². The molecular weight excluding hydrogens is 844 g/mol. The summed E-state index contributed by atoms with van der Waals surface area (Å²) in [5.41, 5.74) is 0. The molecule has 0 aromatic rings. The summed E-state index contributed by atoms with van der Waals surface area (Å²) in [4.78, 5) is 39.7. The van der Waals surface area contributed by atoms with E-state index in [0.717, 1.165) is 77.0 Å². The molecule has 0 saturated carbocycles. The van der Waals surface area contributed by atoms with E-state index in [2.05, 4.69) is 74.7 Å². The highest BCUT2D eigenvalue weighted by Gasteiger charge is 2.27. The Bertz CT molecular complexity index is 1320. The van der Waals surface area contributed by atoms with Crippen molar-refractivity contribution in [1.82, 2.24) is 5.32 Å². The van der Waals surface area contributed by atoms with E-state index in [1.165, 1.54) is 109 Å². The number of hydrogen-bond acceptors (Lipinski definition) is 7. The second kappa shape index (κ2) is 46.4. The number of phosphoric ester groups is 1. The van der Waals surface area contributed by atoms with Crippen LogP contribution in [0.25, 0.3) is 0 Å². The molecule has 9 nitrogen and oxygen atoms in total.